The van der Waals surface area contributed by atoms with Gasteiger partial charge in [0.05, 0.1) is 12.6 Å². The first-order valence-corrected chi connectivity index (χ1v) is 4.67. The molecule has 0 aliphatic carbocycles. The molecule has 0 aromatic carbocycles. The normalized spacial score (nSPS) is 14.1. The van der Waals surface area contributed by atoms with Crippen molar-refractivity contribution >= 4 is 0 Å². The molecule has 0 amide bonds. The van der Waals surface area contributed by atoms with Crippen LogP contribution in [0.3, 0.4) is 0 Å². The average Bonchev–Trinajstić information content (AvgIpc) is 2.50. The maximum Gasteiger partial charge on any atom is 0.417 e. The summed E-state index contributed by atoms with van der Waals surface area (Å²) < 4.78 is 9.91. The maximum absolute atomic E-state index is 5.94. The Morgan fingerprint density at radius 2 is 2.14 bits per heavy atom. The highest BCUT2D eigenvalue weighted by Gasteiger charge is 2.27. The van der Waals surface area contributed by atoms with Crippen LogP contribution in [0.5, 0.6) is 6.08 Å². The molecule has 5 heteroatoms. The molecule has 0 saturated carbocycles. The summed E-state index contributed by atoms with van der Waals surface area (Å²) in [6, 6.07) is -0.250. The van der Waals surface area contributed by atoms with Gasteiger partial charge in [0.15, 0.2) is 5.82 Å². The lowest BCUT2D eigenvalue weighted by Crippen LogP contribution is -2.27. The van der Waals surface area contributed by atoms with E-state index in [0.29, 0.717) is 12.4 Å². The van der Waals surface area contributed by atoms with Crippen molar-refractivity contribution in [1.82, 2.24) is 10.1 Å². The van der Waals surface area contributed by atoms with Crippen molar-refractivity contribution in [3.05, 3.63) is 5.82 Å². The second-order valence-corrected chi connectivity index (χ2v) is 4.20. The molecule has 0 aliphatic heterocycles. The SMILES string of the molecule is CCOc1nc(C(N)C(C)(C)C)no1. The summed E-state index contributed by atoms with van der Waals surface area (Å²) in [7, 11) is 0. The molecule has 1 unspecified atom stereocenters. The fourth-order valence-corrected chi connectivity index (χ4v) is 0.916. The Bertz CT molecular complexity index is 290. The van der Waals surface area contributed by atoms with Gasteiger partial charge in [-0.05, 0) is 12.3 Å². The molecule has 1 rings (SSSR count). The van der Waals surface area contributed by atoms with Crippen LogP contribution in [0.15, 0.2) is 4.52 Å². The minimum absolute atomic E-state index is 0.0899. The highest BCUT2D eigenvalue weighted by molar-refractivity contribution is 4.99. The minimum atomic E-state index is -0.250. The number of hydrogen-bond donors (Lipinski definition) is 1. The van der Waals surface area contributed by atoms with Crippen molar-refractivity contribution in [2.24, 2.45) is 11.1 Å². The zero-order chi connectivity index (χ0) is 10.8. The van der Waals surface area contributed by atoms with Crippen LogP contribution in [0.25, 0.3) is 0 Å². The molecule has 14 heavy (non-hydrogen) atoms. The second kappa shape index (κ2) is 3.96. The third-order valence-electron chi connectivity index (χ3n) is 1.90. The van der Waals surface area contributed by atoms with Gasteiger partial charge >= 0.3 is 6.08 Å². The van der Waals surface area contributed by atoms with Gasteiger partial charge in [-0.2, -0.15) is 4.98 Å². The highest BCUT2D eigenvalue weighted by atomic mass is 16.6. The lowest BCUT2D eigenvalue weighted by Gasteiger charge is -2.23. The zero-order valence-electron chi connectivity index (χ0n) is 9.07. The van der Waals surface area contributed by atoms with Crippen LogP contribution in [0.4, 0.5) is 0 Å². The first-order chi connectivity index (χ1) is 6.45. The minimum Gasteiger partial charge on any atom is -0.449 e. The van der Waals surface area contributed by atoms with Gasteiger partial charge in [0.25, 0.3) is 0 Å². The fourth-order valence-electron chi connectivity index (χ4n) is 0.916. The summed E-state index contributed by atoms with van der Waals surface area (Å²) in [5.41, 5.74) is 5.85. The first kappa shape index (κ1) is 11.0. The second-order valence-electron chi connectivity index (χ2n) is 4.20. The van der Waals surface area contributed by atoms with E-state index < -0.39 is 0 Å². The van der Waals surface area contributed by atoms with Crippen molar-refractivity contribution < 1.29 is 9.26 Å². The van der Waals surface area contributed by atoms with Crippen LogP contribution in [0.1, 0.15) is 39.6 Å². The van der Waals surface area contributed by atoms with Crippen molar-refractivity contribution in [2.75, 3.05) is 6.61 Å². The molecule has 0 bridgehead atoms. The van der Waals surface area contributed by atoms with Gasteiger partial charge in [0.1, 0.15) is 0 Å². The van der Waals surface area contributed by atoms with Crippen LogP contribution in [0.2, 0.25) is 0 Å². The number of aromatic nitrogens is 2. The molecular weight excluding hydrogens is 182 g/mol. The van der Waals surface area contributed by atoms with Gasteiger partial charge in [0.2, 0.25) is 0 Å². The molecule has 80 valence electrons. The fraction of sp³-hybridized carbons (Fsp3) is 0.778. The first-order valence-electron chi connectivity index (χ1n) is 4.67. The third-order valence-corrected chi connectivity index (χ3v) is 1.90. The number of nitrogens with zero attached hydrogens (tertiary/aromatic N) is 2. The molecule has 0 spiro atoms. The van der Waals surface area contributed by atoms with E-state index in [0.717, 1.165) is 0 Å². The largest absolute Gasteiger partial charge is 0.449 e. The Labute approximate surface area is 83.6 Å². The summed E-state index contributed by atoms with van der Waals surface area (Å²) in [6.07, 6.45) is 0.183. The molecule has 5 nitrogen and oxygen atoms in total. The Morgan fingerprint density at radius 1 is 1.50 bits per heavy atom. The topological polar surface area (TPSA) is 74.2 Å². The van der Waals surface area contributed by atoms with E-state index in [1.54, 1.807) is 0 Å². The zero-order valence-corrected chi connectivity index (χ0v) is 9.07. The molecule has 0 fully saturated rings. The molecule has 1 heterocycles. The van der Waals surface area contributed by atoms with E-state index in [9.17, 15) is 0 Å². The van der Waals surface area contributed by atoms with Crippen molar-refractivity contribution in [1.29, 1.82) is 0 Å². The summed E-state index contributed by atoms with van der Waals surface area (Å²) in [5, 5.41) is 3.77. The van der Waals surface area contributed by atoms with E-state index >= 15 is 0 Å². The summed E-state index contributed by atoms with van der Waals surface area (Å²) in [5.74, 6) is 0.487. The van der Waals surface area contributed by atoms with Crippen molar-refractivity contribution in [3.63, 3.8) is 0 Å². The predicted molar refractivity (Wildman–Crippen MR) is 51.9 cm³/mol. The highest BCUT2D eigenvalue weighted by Crippen LogP contribution is 2.29. The molecule has 0 radical (unpaired) electrons. The standard InChI is InChI=1S/C9H17N3O2/c1-5-13-8-11-7(12-14-8)6(10)9(2,3)4/h6H,5,10H2,1-4H3. The van der Waals surface area contributed by atoms with Crippen LogP contribution in [0, 0.1) is 5.41 Å². The van der Waals surface area contributed by atoms with Crippen LogP contribution >= 0.6 is 0 Å². The number of rotatable bonds is 3. The van der Waals surface area contributed by atoms with Crippen LogP contribution in [-0.2, 0) is 0 Å². The predicted octanol–water partition coefficient (Wildman–Crippen LogP) is 1.51. The Hall–Kier alpha value is -1.10. The summed E-state index contributed by atoms with van der Waals surface area (Å²) >= 11 is 0. The number of ether oxygens (including phenoxy) is 1. The molecule has 0 saturated heterocycles. The van der Waals surface area contributed by atoms with Gasteiger partial charge in [-0.25, -0.2) is 0 Å². The molecule has 2 N–H and O–H groups in total. The average molecular weight is 199 g/mol. The van der Waals surface area contributed by atoms with Gasteiger partial charge in [0, 0.05) is 0 Å². The molecule has 1 aromatic rings. The molecule has 1 aromatic heterocycles. The molecule has 0 aliphatic rings. The van der Waals surface area contributed by atoms with E-state index in [2.05, 4.69) is 10.1 Å². The maximum atomic E-state index is 5.94. The van der Waals surface area contributed by atoms with Gasteiger partial charge in [-0.15, -0.1) is 0 Å². The Balaban J connectivity index is 2.76. The monoisotopic (exact) mass is 199 g/mol. The Kier molecular flexibility index (Phi) is 3.10. The summed E-state index contributed by atoms with van der Waals surface area (Å²) in [6.45, 7) is 8.43. The lowest BCUT2D eigenvalue weighted by molar-refractivity contribution is 0.214. The Morgan fingerprint density at radius 3 is 2.64 bits per heavy atom. The van der Waals surface area contributed by atoms with Gasteiger partial charge in [-0.3, -0.25) is 4.52 Å². The quantitative estimate of drug-likeness (QED) is 0.798. The lowest BCUT2D eigenvalue weighted by atomic mass is 9.87. The van der Waals surface area contributed by atoms with E-state index in [-0.39, 0.29) is 17.5 Å². The number of hydrogen-bond acceptors (Lipinski definition) is 5. The van der Waals surface area contributed by atoms with Crippen LogP contribution in [-0.4, -0.2) is 16.7 Å². The molecule has 1 atom stereocenters. The van der Waals surface area contributed by atoms with Crippen molar-refractivity contribution in [2.45, 2.75) is 33.7 Å². The van der Waals surface area contributed by atoms with E-state index in [1.165, 1.54) is 0 Å². The third kappa shape index (κ3) is 2.45. The summed E-state index contributed by atoms with van der Waals surface area (Å²) in [4.78, 5) is 4.04. The van der Waals surface area contributed by atoms with Crippen LogP contribution < -0.4 is 10.5 Å². The van der Waals surface area contributed by atoms with E-state index in [4.69, 9.17) is 15.0 Å². The van der Waals surface area contributed by atoms with E-state index in [1.807, 2.05) is 27.7 Å². The molecular formula is C9H17N3O2. The smallest absolute Gasteiger partial charge is 0.417 e. The van der Waals surface area contributed by atoms with Gasteiger partial charge in [-0.1, -0.05) is 25.9 Å². The van der Waals surface area contributed by atoms with Crippen molar-refractivity contribution in [3.8, 4) is 6.08 Å². The van der Waals surface area contributed by atoms with Gasteiger partial charge < -0.3 is 10.5 Å². The number of nitrogens with two attached hydrogens (primary N) is 1.